The molecule has 0 spiro atoms. The molecular weight excluding hydrogens is 281 g/mol. The Hall–Kier alpha value is -0.520. The van der Waals surface area contributed by atoms with Crippen LogP contribution >= 0.6 is 22.6 Å². The quantitative estimate of drug-likeness (QED) is 0.850. The Bertz CT molecular complexity index is 358. The van der Waals surface area contributed by atoms with Crippen molar-refractivity contribution in [3.8, 4) is 0 Å². The van der Waals surface area contributed by atoms with Crippen LogP contribution in [-0.2, 0) is 0 Å². The standard InChI is InChI=1S/C9H10INO2/c1-5-2-7(5)11-4-6(10)3-8(11)9(12)13/h3-5,7H,2H2,1H3,(H,12,13). The molecule has 0 amide bonds. The van der Waals surface area contributed by atoms with Crippen molar-refractivity contribution in [2.75, 3.05) is 0 Å². The summed E-state index contributed by atoms with van der Waals surface area (Å²) in [6.07, 6.45) is 3.02. The Balaban J connectivity index is 2.38. The van der Waals surface area contributed by atoms with Crippen LogP contribution in [0.3, 0.4) is 0 Å². The maximum atomic E-state index is 10.8. The molecular formula is C9H10INO2. The summed E-state index contributed by atoms with van der Waals surface area (Å²) < 4.78 is 2.88. The van der Waals surface area contributed by atoms with Gasteiger partial charge in [-0.15, -0.1) is 0 Å². The highest BCUT2D eigenvalue weighted by Crippen LogP contribution is 2.43. The van der Waals surface area contributed by atoms with Gasteiger partial charge in [-0.2, -0.15) is 0 Å². The van der Waals surface area contributed by atoms with Crippen molar-refractivity contribution in [2.24, 2.45) is 5.92 Å². The Morgan fingerprint density at radius 2 is 2.38 bits per heavy atom. The maximum absolute atomic E-state index is 10.8. The summed E-state index contributed by atoms with van der Waals surface area (Å²) in [5, 5.41) is 8.92. The number of aromatic carboxylic acids is 1. The molecule has 1 saturated carbocycles. The van der Waals surface area contributed by atoms with Crippen LogP contribution in [0.25, 0.3) is 0 Å². The van der Waals surface area contributed by atoms with Crippen molar-refractivity contribution in [2.45, 2.75) is 19.4 Å². The first kappa shape index (κ1) is 9.05. The predicted molar refractivity (Wildman–Crippen MR) is 56.9 cm³/mol. The van der Waals surface area contributed by atoms with Gasteiger partial charge in [-0.3, -0.25) is 0 Å². The average Bonchev–Trinajstić information content (AvgIpc) is 2.60. The molecule has 1 heterocycles. The monoisotopic (exact) mass is 291 g/mol. The van der Waals surface area contributed by atoms with Gasteiger partial charge >= 0.3 is 5.97 Å². The van der Waals surface area contributed by atoms with E-state index in [-0.39, 0.29) is 0 Å². The van der Waals surface area contributed by atoms with E-state index in [1.54, 1.807) is 6.07 Å². The minimum absolute atomic E-state index is 0.412. The number of carbonyl (C=O) groups is 1. The van der Waals surface area contributed by atoms with E-state index in [1.165, 1.54) is 0 Å². The third-order valence-corrected chi connectivity index (χ3v) is 3.05. The molecule has 70 valence electrons. The van der Waals surface area contributed by atoms with Crippen LogP contribution in [0.2, 0.25) is 0 Å². The molecule has 2 rings (SSSR count). The van der Waals surface area contributed by atoms with Crippen LogP contribution in [0.15, 0.2) is 12.3 Å². The normalized spacial score (nSPS) is 26.0. The van der Waals surface area contributed by atoms with Crippen molar-refractivity contribution in [3.05, 3.63) is 21.5 Å². The number of aromatic nitrogens is 1. The number of rotatable bonds is 2. The second-order valence-corrected chi connectivity index (χ2v) is 4.78. The van der Waals surface area contributed by atoms with E-state index in [9.17, 15) is 4.79 Å². The van der Waals surface area contributed by atoms with Gasteiger partial charge in [0.1, 0.15) is 5.69 Å². The lowest BCUT2D eigenvalue weighted by Gasteiger charge is -2.02. The molecule has 1 aromatic heterocycles. The molecule has 1 fully saturated rings. The van der Waals surface area contributed by atoms with Crippen molar-refractivity contribution < 1.29 is 9.90 Å². The lowest BCUT2D eigenvalue weighted by Crippen LogP contribution is -2.06. The number of halogens is 1. The number of carboxylic acid groups (broad SMARTS) is 1. The van der Waals surface area contributed by atoms with Crippen LogP contribution in [0.4, 0.5) is 0 Å². The Kier molecular flexibility index (Phi) is 2.09. The molecule has 0 aliphatic heterocycles. The maximum Gasteiger partial charge on any atom is 0.352 e. The van der Waals surface area contributed by atoms with E-state index in [1.807, 2.05) is 10.8 Å². The first-order valence-electron chi connectivity index (χ1n) is 4.20. The van der Waals surface area contributed by atoms with Crippen LogP contribution in [-0.4, -0.2) is 15.6 Å². The highest BCUT2D eigenvalue weighted by atomic mass is 127. The van der Waals surface area contributed by atoms with Crippen LogP contribution in [0.1, 0.15) is 29.9 Å². The van der Waals surface area contributed by atoms with Gasteiger partial charge in [-0.1, -0.05) is 6.92 Å². The van der Waals surface area contributed by atoms with Gasteiger partial charge in [0, 0.05) is 15.8 Å². The fraction of sp³-hybridized carbons (Fsp3) is 0.444. The lowest BCUT2D eigenvalue weighted by atomic mass is 10.4. The van der Waals surface area contributed by atoms with E-state index >= 15 is 0 Å². The summed E-state index contributed by atoms with van der Waals surface area (Å²) in [4.78, 5) is 10.8. The molecule has 1 aromatic rings. The summed E-state index contributed by atoms with van der Waals surface area (Å²) >= 11 is 2.14. The molecule has 0 bridgehead atoms. The molecule has 0 saturated heterocycles. The zero-order valence-corrected chi connectivity index (χ0v) is 9.35. The van der Waals surface area contributed by atoms with Gasteiger partial charge in [-0.25, -0.2) is 4.79 Å². The third-order valence-electron chi connectivity index (χ3n) is 2.46. The van der Waals surface area contributed by atoms with Crippen LogP contribution in [0.5, 0.6) is 0 Å². The van der Waals surface area contributed by atoms with Crippen LogP contribution in [0, 0.1) is 9.49 Å². The van der Waals surface area contributed by atoms with E-state index in [2.05, 4.69) is 29.5 Å². The number of nitrogens with zero attached hydrogens (tertiary/aromatic N) is 1. The van der Waals surface area contributed by atoms with Gasteiger partial charge in [0.2, 0.25) is 0 Å². The van der Waals surface area contributed by atoms with Gasteiger partial charge in [0.15, 0.2) is 0 Å². The molecule has 13 heavy (non-hydrogen) atoms. The summed E-state index contributed by atoms with van der Waals surface area (Å²) in [6, 6.07) is 2.13. The Morgan fingerprint density at radius 1 is 1.77 bits per heavy atom. The topological polar surface area (TPSA) is 42.2 Å². The predicted octanol–water partition coefficient (Wildman–Crippen LogP) is 2.37. The smallest absolute Gasteiger partial charge is 0.352 e. The molecule has 0 radical (unpaired) electrons. The van der Waals surface area contributed by atoms with Gasteiger partial charge in [0.05, 0.1) is 0 Å². The molecule has 1 aliphatic rings. The molecule has 0 aromatic carbocycles. The molecule has 4 heteroatoms. The van der Waals surface area contributed by atoms with E-state index < -0.39 is 5.97 Å². The van der Waals surface area contributed by atoms with Gasteiger partial charge < -0.3 is 9.67 Å². The molecule has 1 aliphatic carbocycles. The summed E-state index contributed by atoms with van der Waals surface area (Å²) in [5.74, 6) is -0.205. The number of hydrogen-bond donors (Lipinski definition) is 1. The molecule has 1 N–H and O–H groups in total. The van der Waals surface area contributed by atoms with Crippen LogP contribution < -0.4 is 0 Å². The molecule has 3 nitrogen and oxygen atoms in total. The van der Waals surface area contributed by atoms with Crippen molar-refractivity contribution in [1.82, 2.24) is 4.57 Å². The Labute approximate surface area is 89.9 Å². The fourth-order valence-corrected chi connectivity index (χ4v) is 2.18. The van der Waals surface area contributed by atoms with E-state index in [0.29, 0.717) is 17.7 Å². The second-order valence-electron chi connectivity index (χ2n) is 3.54. The third kappa shape index (κ3) is 1.59. The summed E-state index contributed by atoms with van der Waals surface area (Å²) in [6.45, 7) is 2.14. The van der Waals surface area contributed by atoms with Crippen molar-refractivity contribution in [3.63, 3.8) is 0 Å². The summed E-state index contributed by atoms with van der Waals surface area (Å²) in [7, 11) is 0. The van der Waals surface area contributed by atoms with E-state index in [4.69, 9.17) is 5.11 Å². The Morgan fingerprint density at radius 3 is 2.85 bits per heavy atom. The molecule has 2 unspecified atom stereocenters. The highest BCUT2D eigenvalue weighted by Gasteiger charge is 2.36. The zero-order chi connectivity index (χ0) is 9.59. The molecule has 2 atom stereocenters. The summed E-state index contributed by atoms with van der Waals surface area (Å²) in [5.41, 5.74) is 0.416. The van der Waals surface area contributed by atoms with E-state index in [0.717, 1.165) is 9.99 Å². The number of carboxylic acids is 1. The first-order chi connectivity index (χ1) is 6.09. The van der Waals surface area contributed by atoms with Gasteiger partial charge in [0.25, 0.3) is 0 Å². The minimum Gasteiger partial charge on any atom is -0.477 e. The second kappa shape index (κ2) is 3.01. The van der Waals surface area contributed by atoms with Crippen molar-refractivity contribution in [1.29, 1.82) is 0 Å². The average molecular weight is 291 g/mol. The van der Waals surface area contributed by atoms with Gasteiger partial charge in [-0.05, 0) is 41.0 Å². The van der Waals surface area contributed by atoms with Crippen molar-refractivity contribution >= 4 is 28.6 Å². The first-order valence-corrected chi connectivity index (χ1v) is 5.28. The fourth-order valence-electron chi connectivity index (χ4n) is 1.58. The largest absolute Gasteiger partial charge is 0.477 e. The SMILES string of the molecule is CC1CC1n1cc(I)cc1C(=O)O. The zero-order valence-electron chi connectivity index (χ0n) is 7.20. The lowest BCUT2D eigenvalue weighted by molar-refractivity contribution is 0.0684. The highest BCUT2D eigenvalue weighted by molar-refractivity contribution is 14.1. The minimum atomic E-state index is -0.831. The number of hydrogen-bond acceptors (Lipinski definition) is 1.